The lowest BCUT2D eigenvalue weighted by Crippen LogP contribution is -2.18. The minimum Gasteiger partial charge on any atom is -0.324 e. The summed E-state index contributed by atoms with van der Waals surface area (Å²) in [6.45, 7) is 4.36. The molecule has 0 saturated carbocycles. The van der Waals surface area contributed by atoms with Crippen LogP contribution in [0.5, 0.6) is 0 Å². The molecule has 1 atom stereocenters. The van der Waals surface area contributed by atoms with E-state index < -0.39 is 0 Å². The zero-order valence-corrected chi connectivity index (χ0v) is 8.85. The monoisotopic (exact) mass is 190 g/mol. The lowest BCUT2D eigenvalue weighted by molar-refractivity contribution is 0.547. The average molecular weight is 190 g/mol. The van der Waals surface area contributed by atoms with Gasteiger partial charge in [-0.25, -0.2) is 0 Å². The summed E-state index contributed by atoms with van der Waals surface area (Å²) in [5.41, 5.74) is 7.07. The van der Waals surface area contributed by atoms with Gasteiger partial charge in [0.15, 0.2) is 0 Å². The quantitative estimate of drug-likeness (QED) is 0.792. The molecule has 76 valence electrons. The maximum absolute atomic E-state index is 5.92. The lowest BCUT2D eigenvalue weighted by Gasteiger charge is -2.08. The van der Waals surface area contributed by atoms with Crippen LogP contribution >= 0.6 is 0 Å². The van der Waals surface area contributed by atoms with Crippen molar-refractivity contribution in [1.29, 1.82) is 0 Å². The Bertz CT molecular complexity index is 278. The van der Waals surface area contributed by atoms with Crippen LogP contribution in [0.25, 0.3) is 6.08 Å². The van der Waals surface area contributed by atoms with Gasteiger partial charge >= 0.3 is 0 Å². The predicted octanol–water partition coefficient (Wildman–Crippen LogP) is 2.47. The molecule has 14 heavy (non-hydrogen) atoms. The van der Waals surface area contributed by atoms with Crippen molar-refractivity contribution in [2.45, 2.75) is 26.3 Å². The Morgan fingerprint density at radius 1 is 1.36 bits per heavy atom. The molecule has 1 aromatic rings. The zero-order valence-electron chi connectivity index (χ0n) is 8.85. The van der Waals surface area contributed by atoms with Gasteiger partial charge in [0.1, 0.15) is 0 Å². The molecule has 0 aliphatic carbocycles. The predicted molar refractivity (Wildman–Crippen MR) is 60.7 cm³/mol. The molecule has 0 spiro atoms. The highest BCUT2D eigenvalue weighted by atomic mass is 14.6. The molecule has 0 amide bonds. The summed E-state index contributed by atoms with van der Waals surface area (Å²) in [5.74, 6) is 0.645. The summed E-state index contributed by atoms with van der Waals surface area (Å²) in [7, 11) is 0. The summed E-state index contributed by atoms with van der Waals surface area (Å²) < 4.78 is 0. The largest absolute Gasteiger partial charge is 0.324 e. The van der Waals surface area contributed by atoms with Gasteiger partial charge < -0.3 is 5.73 Å². The van der Waals surface area contributed by atoms with Crippen LogP contribution in [-0.2, 0) is 0 Å². The maximum Gasteiger partial charge on any atom is 0.0273 e. The summed E-state index contributed by atoms with van der Waals surface area (Å²) in [5, 5.41) is 0. The van der Waals surface area contributed by atoms with Crippen LogP contribution in [-0.4, -0.2) is 11.0 Å². The van der Waals surface area contributed by atoms with Gasteiger partial charge in [0.05, 0.1) is 0 Å². The van der Waals surface area contributed by atoms with Crippen LogP contribution in [0, 0.1) is 5.92 Å². The van der Waals surface area contributed by atoms with E-state index in [1.807, 2.05) is 12.1 Å². The summed E-state index contributed by atoms with van der Waals surface area (Å²) in [4.78, 5) is 3.96. The van der Waals surface area contributed by atoms with E-state index in [4.69, 9.17) is 5.73 Å². The minimum atomic E-state index is 0.156. The molecule has 0 bridgehead atoms. The van der Waals surface area contributed by atoms with Gasteiger partial charge in [0.25, 0.3) is 0 Å². The van der Waals surface area contributed by atoms with Crippen molar-refractivity contribution in [3.05, 3.63) is 36.2 Å². The van der Waals surface area contributed by atoms with Gasteiger partial charge in [-0.1, -0.05) is 26.0 Å². The van der Waals surface area contributed by atoms with Crippen LogP contribution in [0.15, 0.2) is 30.6 Å². The molecule has 0 radical (unpaired) electrons. The standard InChI is InChI=1S/C12H18N2/c1-10(2)9-12(13)4-3-11-5-7-14-8-6-11/h3-8,10,12H,9,13H2,1-2H3. The van der Waals surface area contributed by atoms with Crippen LogP contribution in [0.1, 0.15) is 25.8 Å². The summed E-state index contributed by atoms with van der Waals surface area (Å²) in [6.07, 6.45) is 8.70. The van der Waals surface area contributed by atoms with E-state index in [9.17, 15) is 0 Å². The molecule has 1 unspecified atom stereocenters. The van der Waals surface area contributed by atoms with Crippen molar-refractivity contribution < 1.29 is 0 Å². The fourth-order valence-corrected chi connectivity index (χ4v) is 1.33. The maximum atomic E-state index is 5.92. The molecule has 1 aromatic heterocycles. The van der Waals surface area contributed by atoms with E-state index >= 15 is 0 Å². The summed E-state index contributed by atoms with van der Waals surface area (Å²) >= 11 is 0. The molecule has 1 heterocycles. The topological polar surface area (TPSA) is 38.9 Å². The van der Waals surface area contributed by atoms with Crippen LogP contribution in [0.3, 0.4) is 0 Å². The van der Waals surface area contributed by atoms with Crippen LogP contribution in [0.4, 0.5) is 0 Å². The third-order valence-electron chi connectivity index (χ3n) is 1.99. The Morgan fingerprint density at radius 2 is 2.00 bits per heavy atom. The summed E-state index contributed by atoms with van der Waals surface area (Å²) in [6, 6.07) is 4.10. The van der Waals surface area contributed by atoms with Crippen molar-refractivity contribution >= 4 is 6.08 Å². The molecule has 2 nitrogen and oxygen atoms in total. The van der Waals surface area contributed by atoms with Crippen molar-refractivity contribution in [2.24, 2.45) is 11.7 Å². The molecule has 0 aromatic carbocycles. The smallest absolute Gasteiger partial charge is 0.0273 e. The fourth-order valence-electron chi connectivity index (χ4n) is 1.33. The van der Waals surface area contributed by atoms with Crippen molar-refractivity contribution in [2.75, 3.05) is 0 Å². The van der Waals surface area contributed by atoms with E-state index in [-0.39, 0.29) is 6.04 Å². The number of hydrogen-bond donors (Lipinski definition) is 1. The van der Waals surface area contributed by atoms with Gasteiger partial charge in [-0.15, -0.1) is 0 Å². The first-order valence-corrected chi connectivity index (χ1v) is 5.02. The molecule has 1 rings (SSSR count). The SMILES string of the molecule is CC(C)CC(N)C=Cc1ccncc1. The number of aromatic nitrogens is 1. The first-order chi connectivity index (χ1) is 6.68. The first kappa shape index (κ1) is 10.9. The fraction of sp³-hybridized carbons (Fsp3) is 0.417. The minimum absolute atomic E-state index is 0.156. The molecule has 0 saturated heterocycles. The molecule has 0 fully saturated rings. The van der Waals surface area contributed by atoms with Gasteiger partial charge in [0, 0.05) is 18.4 Å². The molecule has 0 aliphatic heterocycles. The van der Waals surface area contributed by atoms with E-state index in [1.54, 1.807) is 12.4 Å². The van der Waals surface area contributed by atoms with E-state index in [1.165, 1.54) is 0 Å². The Kier molecular flexibility index (Phi) is 4.33. The number of pyridine rings is 1. The normalized spacial score (nSPS) is 13.7. The zero-order chi connectivity index (χ0) is 10.4. The third-order valence-corrected chi connectivity index (χ3v) is 1.99. The van der Waals surface area contributed by atoms with Crippen molar-refractivity contribution in [3.8, 4) is 0 Å². The Hall–Kier alpha value is -1.15. The highest BCUT2D eigenvalue weighted by molar-refractivity contribution is 5.48. The van der Waals surface area contributed by atoms with Crippen LogP contribution < -0.4 is 5.73 Å². The van der Waals surface area contributed by atoms with Gasteiger partial charge in [-0.2, -0.15) is 0 Å². The highest BCUT2D eigenvalue weighted by Crippen LogP contribution is 2.06. The Balaban J connectivity index is 2.48. The molecule has 0 aliphatic rings. The molecule has 2 N–H and O–H groups in total. The Labute approximate surface area is 85.9 Å². The van der Waals surface area contributed by atoms with Crippen molar-refractivity contribution in [1.82, 2.24) is 4.98 Å². The van der Waals surface area contributed by atoms with Gasteiger partial charge in [-0.05, 0) is 30.0 Å². The van der Waals surface area contributed by atoms with Gasteiger partial charge in [-0.3, -0.25) is 4.98 Å². The van der Waals surface area contributed by atoms with Crippen LogP contribution in [0.2, 0.25) is 0 Å². The first-order valence-electron chi connectivity index (χ1n) is 5.02. The van der Waals surface area contributed by atoms with E-state index in [2.05, 4.69) is 31.0 Å². The number of rotatable bonds is 4. The molecular weight excluding hydrogens is 172 g/mol. The second-order valence-corrected chi connectivity index (χ2v) is 3.93. The number of nitrogens with two attached hydrogens (primary N) is 1. The van der Waals surface area contributed by atoms with E-state index in [0.717, 1.165) is 12.0 Å². The third kappa shape index (κ3) is 4.19. The highest BCUT2D eigenvalue weighted by Gasteiger charge is 2.00. The number of hydrogen-bond acceptors (Lipinski definition) is 2. The van der Waals surface area contributed by atoms with Gasteiger partial charge in [0.2, 0.25) is 0 Å². The lowest BCUT2D eigenvalue weighted by atomic mass is 10.0. The Morgan fingerprint density at radius 3 is 2.57 bits per heavy atom. The molecular formula is C12H18N2. The molecule has 2 heteroatoms. The van der Waals surface area contributed by atoms with E-state index in [0.29, 0.717) is 5.92 Å². The van der Waals surface area contributed by atoms with Crippen molar-refractivity contribution in [3.63, 3.8) is 0 Å². The second-order valence-electron chi connectivity index (χ2n) is 3.93. The number of nitrogens with zero attached hydrogens (tertiary/aromatic N) is 1. The second kappa shape index (κ2) is 5.55. The average Bonchev–Trinajstić information content (AvgIpc) is 2.15.